The Morgan fingerprint density at radius 3 is 2.30 bits per heavy atom. The van der Waals surface area contributed by atoms with Gasteiger partial charge in [-0.3, -0.25) is 9.59 Å². The molecule has 0 aromatic carbocycles. The Kier molecular flexibility index (Phi) is 4.80. The van der Waals surface area contributed by atoms with Crippen molar-refractivity contribution in [3.8, 4) is 0 Å². The van der Waals surface area contributed by atoms with Gasteiger partial charge in [0.05, 0.1) is 17.1 Å². The summed E-state index contributed by atoms with van der Waals surface area (Å²) in [4.78, 5) is 23.7. The molecule has 0 amide bonds. The molecule has 0 aromatic heterocycles. The van der Waals surface area contributed by atoms with Crippen LogP contribution in [-0.4, -0.2) is 30.9 Å². The molecule has 0 spiro atoms. The second-order valence-corrected chi connectivity index (χ2v) is 13.8. The van der Waals surface area contributed by atoms with Crippen molar-refractivity contribution >= 4 is 43.1 Å². The molecule has 0 fully saturated rings. The van der Waals surface area contributed by atoms with E-state index in [9.17, 15) is 9.59 Å². The number of Topliss-reactive ketones (excluding diaryl/α,β-unsaturated/α-hetero) is 1. The quantitative estimate of drug-likeness (QED) is 0.407. The van der Waals surface area contributed by atoms with E-state index in [0.717, 1.165) is 0 Å². The number of allylic oxidation sites excluding steroid dienone is 3. The maximum atomic E-state index is 12.7. The topological polar surface area (TPSA) is 43.4 Å². The van der Waals surface area contributed by atoms with Crippen molar-refractivity contribution in [1.29, 1.82) is 0 Å². The summed E-state index contributed by atoms with van der Waals surface area (Å²) >= 11 is 12.8. The largest absolute Gasteiger partial charge is 0.408 e. The third-order valence-corrected chi connectivity index (χ3v) is 10.7. The fraction of sp³-hybridized carbons (Fsp3) is 0.647. The normalized spacial score (nSPS) is 35.1. The Labute approximate surface area is 149 Å². The van der Waals surface area contributed by atoms with Gasteiger partial charge in [0.2, 0.25) is 0 Å². The Morgan fingerprint density at radius 1 is 1.22 bits per heavy atom. The molecule has 0 bridgehead atoms. The highest BCUT2D eigenvalue weighted by Gasteiger charge is 2.60. The molecule has 0 aliphatic heterocycles. The van der Waals surface area contributed by atoms with Crippen molar-refractivity contribution in [2.45, 2.75) is 56.8 Å². The molecule has 2 aliphatic carbocycles. The van der Waals surface area contributed by atoms with Crippen LogP contribution in [0.2, 0.25) is 18.1 Å². The molecular formula is C17H24Cl2O3Si. The molecule has 2 rings (SSSR count). The Hall–Kier alpha value is -0.423. The molecule has 0 radical (unpaired) electrons. The lowest BCUT2D eigenvalue weighted by atomic mass is 9.68. The summed E-state index contributed by atoms with van der Waals surface area (Å²) in [5.41, 5.74) is 0. The first kappa shape index (κ1) is 18.9. The minimum Gasteiger partial charge on any atom is -0.408 e. The lowest BCUT2D eigenvalue weighted by Crippen LogP contribution is -2.61. The maximum absolute atomic E-state index is 12.7. The number of carbonyl (C=O) groups is 2. The van der Waals surface area contributed by atoms with Crippen LogP contribution >= 0.6 is 23.2 Å². The number of hydrogen-bond acceptors (Lipinski definition) is 3. The molecular weight excluding hydrogens is 351 g/mol. The van der Waals surface area contributed by atoms with E-state index in [1.807, 2.05) is 19.1 Å². The third kappa shape index (κ3) is 2.99. The van der Waals surface area contributed by atoms with E-state index in [1.165, 1.54) is 6.08 Å². The van der Waals surface area contributed by atoms with E-state index in [-0.39, 0.29) is 21.8 Å². The fourth-order valence-corrected chi connectivity index (χ4v) is 5.07. The summed E-state index contributed by atoms with van der Waals surface area (Å²) < 4.78 is 6.39. The number of halogens is 2. The van der Waals surface area contributed by atoms with Gasteiger partial charge in [-0.25, -0.2) is 0 Å². The molecule has 3 nitrogen and oxygen atoms in total. The van der Waals surface area contributed by atoms with Gasteiger partial charge in [0.15, 0.2) is 19.9 Å². The van der Waals surface area contributed by atoms with Gasteiger partial charge in [0, 0.05) is 6.08 Å². The van der Waals surface area contributed by atoms with Crippen molar-refractivity contribution in [2.24, 2.45) is 11.8 Å². The average Bonchev–Trinajstić information content (AvgIpc) is 2.38. The summed E-state index contributed by atoms with van der Waals surface area (Å²) in [6.45, 7) is 12.4. The first-order valence-electron chi connectivity index (χ1n) is 7.83. The number of hydrogen-bond donors (Lipinski definition) is 0. The number of carbonyl (C=O) groups excluding carboxylic acids is 2. The van der Waals surface area contributed by atoms with Crippen LogP contribution in [0.3, 0.4) is 0 Å². The first-order valence-corrected chi connectivity index (χ1v) is 11.5. The van der Waals surface area contributed by atoms with Crippen LogP contribution < -0.4 is 0 Å². The molecule has 0 aromatic rings. The van der Waals surface area contributed by atoms with Crippen LogP contribution in [0.5, 0.6) is 0 Å². The summed E-state index contributed by atoms with van der Waals surface area (Å²) in [5.74, 6) is -1.39. The molecule has 23 heavy (non-hydrogen) atoms. The first-order chi connectivity index (χ1) is 10.3. The molecule has 128 valence electrons. The molecule has 0 saturated carbocycles. The van der Waals surface area contributed by atoms with Gasteiger partial charge in [0.1, 0.15) is 4.87 Å². The molecule has 0 unspecified atom stereocenters. The Balaban J connectivity index is 2.49. The van der Waals surface area contributed by atoms with E-state index < -0.39 is 31.0 Å². The van der Waals surface area contributed by atoms with Gasteiger partial charge in [-0.15, -0.1) is 11.6 Å². The van der Waals surface area contributed by atoms with Crippen molar-refractivity contribution < 1.29 is 14.0 Å². The number of alkyl halides is 1. The van der Waals surface area contributed by atoms with E-state index in [2.05, 4.69) is 33.9 Å². The zero-order valence-electron chi connectivity index (χ0n) is 14.4. The summed E-state index contributed by atoms with van der Waals surface area (Å²) in [7, 11) is -2.17. The van der Waals surface area contributed by atoms with Gasteiger partial charge < -0.3 is 4.43 Å². The zero-order valence-corrected chi connectivity index (χ0v) is 17.0. The monoisotopic (exact) mass is 374 g/mol. The maximum Gasteiger partial charge on any atom is 0.198 e. The van der Waals surface area contributed by atoms with Crippen LogP contribution in [0.15, 0.2) is 23.3 Å². The van der Waals surface area contributed by atoms with E-state index in [4.69, 9.17) is 27.6 Å². The fourth-order valence-electron chi connectivity index (χ4n) is 2.91. The summed E-state index contributed by atoms with van der Waals surface area (Å²) in [6.07, 6.45) is 4.30. The zero-order chi connectivity index (χ0) is 17.8. The van der Waals surface area contributed by atoms with E-state index in [0.29, 0.717) is 0 Å². The SMILES string of the molecule is C[C@@H]1C=C[C@H](O[Si](C)(C)C(C)(C)C)[C@]2(Cl)C(=O)C(Cl)=CC(=O)[C@H]12. The molecule has 4 atom stereocenters. The van der Waals surface area contributed by atoms with Crippen molar-refractivity contribution in [3.63, 3.8) is 0 Å². The van der Waals surface area contributed by atoms with E-state index >= 15 is 0 Å². The van der Waals surface area contributed by atoms with Crippen molar-refractivity contribution in [1.82, 2.24) is 0 Å². The van der Waals surface area contributed by atoms with Gasteiger partial charge in [-0.2, -0.15) is 0 Å². The highest BCUT2D eigenvalue weighted by atomic mass is 35.5. The Morgan fingerprint density at radius 2 is 1.78 bits per heavy atom. The highest BCUT2D eigenvalue weighted by Crippen LogP contribution is 2.49. The number of ketones is 2. The molecule has 6 heteroatoms. The second kappa shape index (κ2) is 5.83. The van der Waals surface area contributed by atoms with Crippen LogP contribution in [0, 0.1) is 11.8 Å². The summed E-state index contributed by atoms with van der Waals surface area (Å²) in [5, 5.41) is -0.138. The van der Waals surface area contributed by atoms with Crippen LogP contribution in [0.4, 0.5) is 0 Å². The van der Waals surface area contributed by atoms with Gasteiger partial charge in [0.25, 0.3) is 0 Å². The van der Waals surface area contributed by atoms with Crippen LogP contribution in [0.1, 0.15) is 27.7 Å². The summed E-state index contributed by atoms with van der Waals surface area (Å²) in [6, 6.07) is 0. The molecule has 2 aliphatic rings. The van der Waals surface area contributed by atoms with Gasteiger partial charge in [-0.1, -0.05) is 51.4 Å². The smallest absolute Gasteiger partial charge is 0.198 e. The predicted octanol–water partition coefficient (Wildman–Crippen LogP) is 4.45. The van der Waals surface area contributed by atoms with Gasteiger partial charge in [-0.05, 0) is 24.1 Å². The number of rotatable bonds is 2. The lowest BCUT2D eigenvalue weighted by molar-refractivity contribution is -0.132. The lowest BCUT2D eigenvalue weighted by Gasteiger charge is -2.48. The van der Waals surface area contributed by atoms with Crippen molar-refractivity contribution in [2.75, 3.05) is 0 Å². The molecule has 0 saturated heterocycles. The molecule has 0 heterocycles. The van der Waals surface area contributed by atoms with Crippen LogP contribution in [0.25, 0.3) is 0 Å². The minimum absolute atomic E-state index is 0.0337. The molecule has 0 N–H and O–H groups in total. The Bertz CT molecular complexity index is 603. The van der Waals surface area contributed by atoms with Crippen LogP contribution in [-0.2, 0) is 14.0 Å². The van der Waals surface area contributed by atoms with Gasteiger partial charge >= 0.3 is 0 Å². The van der Waals surface area contributed by atoms with Crippen molar-refractivity contribution in [3.05, 3.63) is 23.3 Å². The predicted molar refractivity (Wildman–Crippen MR) is 96.4 cm³/mol. The number of fused-ring (bicyclic) bond motifs is 1. The average molecular weight is 375 g/mol. The highest BCUT2D eigenvalue weighted by molar-refractivity contribution is 6.74. The third-order valence-electron chi connectivity index (χ3n) is 5.35. The van der Waals surface area contributed by atoms with E-state index in [1.54, 1.807) is 0 Å². The minimum atomic E-state index is -2.17. The standard InChI is InChI=1S/C17H24Cl2O3Si/c1-10-7-8-13(22-23(5,6)16(2,3)4)17(19)14(10)12(20)9-11(18)15(17)21/h7-10,13-14H,1-6H3/t10-,13+,14+,17-/m1/s1. The second-order valence-electron chi connectivity index (χ2n) is 8.01.